The Morgan fingerprint density at radius 2 is 2.10 bits per heavy atom. The first kappa shape index (κ1) is 14.9. The number of hydrogen-bond acceptors (Lipinski definition) is 1. The number of fused-ring (bicyclic) bond motifs is 1. The molecular weight excluding hydrogens is 397 g/mol. The molecule has 1 aliphatic heterocycles. The van der Waals surface area contributed by atoms with Gasteiger partial charge in [0.15, 0.2) is 0 Å². The van der Waals surface area contributed by atoms with Crippen molar-refractivity contribution in [2.75, 3.05) is 6.54 Å². The fraction of sp³-hybridized carbons (Fsp3) is 0.235. The molecule has 0 aliphatic carbocycles. The van der Waals surface area contributed by atoms with E-state index in [2.05, 4.69) is 40.9 Å². The molecule has 2 aromatic rings. The van der Waals surface area contributed by atoms with Crippen molar-refractivity contribution in [1.29, 1.82) is 0 Å². The largest absolute Gasteiger partial charge is 0.352 e. The standard InChI is InChI=1S/C17H15ClINO/c1-10-3-2-4-13(16(10)19)15(18)12-6-5-11-7-8-20-17(21)14(11)9-12/h2-6,9,15H,7-8H2,1H3,(H,20,21). The lowest BCUT2D eigenvalue weighted by Gasteiger charge is -2.19. The van der Waals surface area contributed by atoms with E-state index in [9.17, 15) is 4.79 Å². The molecule has 0 aromatic heterocycles. The Kier molecular flexibility index (Phi) is 4.22. The Hall–Kier alpha value is -1.07. The van der Waals surface area contributed by atoms with Gasteiger partial charge in [-0.3, -0.25) is 4.79 Å². The lowest BCUT2D eigenvalue weighted by atomic mass is 9.94. The maximum Gasteiger partial charge on any atom is 0.251 e. The third kappa shape index (κ3) is 2.81. The molecule has 1 amide bonds. The first-order valence-corrected chi connectivity index (χ1v) is 8.39. The Bertz CT molecular complexity index is 714. The smallest absolute Gasteiger partial charge is 0.251 e. The van der Waals surface area contributed by atoms with Gasteiger partial charge in [0, 0.05) is 15.7 Å². The average Bonchev–Trinajstić information content (AvgIpc) is 2.49. The fourth-order valence-electron chi connectivity index (χ4n) is 2.63. The van der Waals surface area contributed by atoms with Gasteiger partial charge in [-0.2, -0.15) is 0 Å². The molecule has 2 aromatic carbocycles. The molecule has 1 N–H and O–H groups in total. The van der Waals surface area contributed by atoms with E-state index in [1.165, 1.54) is 9.13 Å². The van der Waals surface area contributed by atoms with Crippen molar-refractivity contribution in [2.45, 2.75) is 18.7 Å². The van der Waals surface area contributed by atoms with Crippen LogP contribution >= 0.6 is 34.2 Å². The zero-order valence-corrected chi connectivity index (χ0v) is 14.5. The molecule has 108 valence electrons. The predicted molar refractivity (Wildman–Crippen MR) is 94.1 cm³/mol. The Labute approximate surface area is 143 Å². The molecule has 0 saturated heterocycles. The van der Waals surface area contributed by atoms with Crippen LogP contribution in [0.15, 0.2) is 36.4 Å². The van der Waals surface area contributed by atoms with E-state index in [1.807, 2.05) is 30.3 Å². The molecule has 4 heteroatoms. The van der Waals surface area contributed by atoms with Crippen molar-refractivity contribution >= 4 is 40.1 Å². The van der Waals surface area contributed by atoms with Gasteiger partial charge in [0.1, 0.15) is 0 Å². The summed E-state index contributed by atoms with van der Waals surface area (Å²) in [5.41, 5.74) is 5.14. The first-order chi connectivity index (χ1) is 10.1. The summed E-state index contributed by atoms with van der Waals surface area (Å²) in [6, 6.07) is 12.1. The minimum atomic E-state index is -0.239. The normalized spacial score (nSPS) is 15.3. The highest BCUT2D eigenvalue weighted by atomic mass is 127. The minimum absolute atomic E-state index is 0.000839. The van der Waals surface area contributed by atoms with E-state index in [4.69, 9.17) is 11.6 Å². The van der Waals surface area contributed by atoms with Gasteiger partial charge in [0.05, 0.1) is 5.38 Å². The van der Waals surface area contributed by atoms with Crippen LogP contribution in [0.25, 0.3) is 0 Å². The van der Waals surface area contributed by atoms with Crippen molar-refractivity contribution in [1.82, 2.24) is 5.32 Å². The summed E-state index contributed by atoms with van der Waals surface area (Å²) in [4.78, 5) is 12.0. The van der Waals surface area contributed by atoms with Crippen molar-refractivity contribution in [3.63, 3.8) is 0 Å². The minimum Gasteiger partial charge on any atom is -0.352 e. The summed E-state index contributed by atoms with van der Waals surface area (Å²) >= 11 is 8.99. The predicted octanol–water partition coefficient (Wildman–Crippen LogP) is 4.21. The number of hydrogen-bond donors (Lipinski definition) is 1. The number of carbonyl (C=O) groups is 1. The molecule has 0 radical (unpaired) electrons. The topological polar surface area (TPSA) is 29.1 Å². The van der Waals surface area contributed by atoms with Crippen LogP contribution in [0.3, 0.4) is 0 Å². The summed E-state index contributed by atoms with van der Waals surface area (Å²) < 4.78 is 1.18. The van der Waals surface area contributed by atoms with Crippen molar-refractivity contribution < 1.29 is 4.79 Å². The Morgan fingerprint density at radius 1 is 1.29 bits per heavy atom. The number of rotatable bonds is 2. The maximum atomic E-state index is 12.0. The van der Waals surface area contributed by atoms with Crippen LogP contribution in [-0.2, 0) is 6.42 Å². The van der Waals surface area contributed by atoms with Gasteiger partial charge in [-0.05, 0) is 64.3 Å². The SMILES string of the molecule is Cc1cccc(C(Cl)c2ccc3c(c2)C(=O)NCC3)c1I. The Balaban J connectivity index is 2.02. The van der Waals surface area contributed by atoms with Crippen LogP contribution in [0.5, 0.6) is 0 Å². The van der Waals surface area contributed by atoms with Crippen LogP contribution in [0.2, 0.25) is 0 Å². The summed E-state index contributed by atoms with van der Waals surface area (Å²) in [6.45, 7) is 2.79. The highest BCUT2D eigenvalue weighted by Crippen LogP contribution is 2.34. The summed E-state index contributed by atoms with van der Waals surface area (Å²) in [7, 11) is 0. The third-order valence-corrected chi connectivity index (χ3v) is 5.81. The van der Waals surface area contributed by atoms with Crippen molar-refractivity contribution in [2.24, 2.45) is 0 Å². The van der Waals surface area contributed by atoms with Gasteiger partial charge >= 0.3 is 0 Å². The highest BCUT2D eigenvalue weighted by molar-refractivity contribution is 14.1. The number of aryl methyl sites for hydroxylation is 1. The number of halogens is 2. The van der Waals surface area contributed by atoms with Gasteiger partial charge in [-0.15, -0.1) is 11.6 Å². The van der Waals surface area contributed by atoms with Crippen LogP contribution in [0, 0.1) is 10.5 Å². The number of carbonyl (C=O) groups excluding carboxylic acids is 1. The van der Waals surface area contributed by atoms with Crippen LogP contribution in [0.1, 0.15) is 38.0 Å². The van der Waals surface area contributed by atoms with Crippen LogP contribution in [-0.4, -0.2) is 12.5 Å². The van der Waals surface area contributed by atoms with E-state index in [0.29, 0.717) is 6.54 Å². The summed E-state index contributed by atoms with van der Waals surface area (Å²) in [5.74, 6) is 0.000839. The van der Waals surface area contributed by atoms with E-state index in [-0.39, 0.29) is 11.3 Å². The molecule has 2 nitrogen and oxygen atoms in total. The Morgan fingerprint density at radius 3 is 2.90 bits per heavy atom. The molecule has 1 unspecified atom stereocenters. The molecule has 3 rings (SSSR count). The van der Waals surface area contributed by atoms with Gasteiger partial charge in [-0.25, -0.2) is 0 Å². The molecule has 0 bridgehead atoms. The molecular formula is C17H15ClINO. The second-order valence-electron chi connectivity index (χ2n) is 5.26. The zero-order valence-electron chi connectivity index (χ0n) is 11.6. The van der Waals surface area contributed by atoms with E-state index in [0.717, 1.165) is 28.7 Å². The second-order valence-corrected chi connectivity index (χ2v) is 6.78. The van der Waals surface area contributed by atoms with Gasteiger partial charge in [0.2, 0.25) is 0 Å². The lowest BCUT2D eigenvalue weighted by Crippen LogP contribution is -2.31. The molecule has 1 aliphatic rings. The van der Waals surface area contributed by atoms with Crippen LogP contribution in [0.4, 0.5) is 0 Å². The van der Waals surface area contributed by atoms with Crippen molar-refractivity contribution in [3.8, 4) is 0 Å². The molecule has 1 atom stereocenters. The summed E-state index contributed by atoms with van der Waals surface area (Å²) in [5, 5.41) is 2.64. The molecule has 1 heterocycles. The number of amides is 1. The monoisotopic (exact) mass is 411 g/mol. The maximum absolute atomic E-state index is 12.0. The van der Waals surface area contributed by atoms with E-state index >= 15 is 0 Å². The van der Waals surface area contributed by atoms with Gasteiger partial charge in [-0.1, -0.05) is 30.3 Å². The highest BCUT2D eigenvalue weighted by Gasteiger charge is 2.20. The van der Waals surface area contributed by atoms with Gasteiger partial charge in [0.25, 0.3) is 5.91 Å². The van der Waals surface area contributed by atoms with E-state index < -0.39 is 0 Å². The molecule has 21 heavy (non-hydrogen) atoms. The average molecular weight is 412 g/mol. The molecule has 0 saturated carbocycles. The van der Waals surface area contributed by atoms with Gasteiger partial charge < -0.3 is 5.32 Å². The number of nitrogens with one attached hydrogen (secondary N) is 1. The third-order valence-electron chi connectivity index (χ3n) is 3.85. The lowest BCUT2D eigenvalue weighted by molar-refractivity contribution is 0.0946. The second kappa shape index (κ2) is 5.97. The quantitative estimate of drug-likeness (QED) is 0.582. The first-order valence-electron chi connectivity index (χ1n) is 6.88. The zero-order chi connectivity index (χ0) is 15.0. The summed E-state index contributed by atoms with van der Waals surface area (Å²) in [6.07, 6.45) is 0.885. The molecule has 0 fully saturated rings. The number of benzene rings is 2. The fourth-order valence-corrected chi connectivity index (χ4v) is 3.81. The van der Waals surface area contributed by atoms with Crippen LogP contribution < -0.4 is 5.32 Å². The number of alkyl halides is 1. The van der Waals surface area contributed by atoms with Crippen molar-refractivity contribution in [3.05, 3.63) is 67.8 Å². The van der Waals surface area contributed by atoms with E-state index in [1.54, 1.807) is 0 Å². The molecule has 0 spiro atoms.